The molecule has 3 atom stereocenters. The van der Waals surface area contributed by atoms with Gasteiger partial charge in [0.05, 0.1) is 0 Å². The van der Waals surface area contributed by atoms with Crippen LogP contribution < -0.4 is 15.8 Å². The number of aromatic amines is 1. The Labute approximate surface area is 113 Å². The highest BCUT2D eigenvalue weighted by Gasteiger charge is 2.43. The highest BCUT2D eigenvalue weighted by Crippen LogP contribution is 2.36. The number of hydrogen-bond acceptors (Lipinski definition) is 4. The van der Waals surface area contributed by atoms with Crippen LogP contribution in [0.1, 0.15) is 26.1 Å². The normalized spacial score (nSPS) is 29.8. The number of rotatable bonds is 3. The number of fused-ring (bicyclic) bond motifs is 1. The van der Waals surface area contributed by atoms with Gasteiger partial charge in [0.25, 0.3) is 5.56 Å². The van der Waals surface area contributed by atoms with Crippen LogP contribution >= 0.6 is 0 Å². The van der Waals surface area contributed by atoms with Crippen LogP contribution in [0.15, 0.2) is 10.9 Å². The van der Waals surface area contributed by atoms with Crippen molar-refractivity contribution in [2.75, 3.05) is 24.5 Å². The highest BCUT2D eigenvalue weighted by molar-refractivity contribution is 5.42. The molecule has 1 aromatic rings. The van der Waals surface area contributed by atoms with E-state index in [1.807, 2.05) is 6.92 Å². The molecular weight excluding hydrogens is 240 g/mol. The fraction of sp³-hybridized carbons (Fsp3) is 0.714. The van der Waals surface area contributed by atoms with Crippen LogP contribution in [-0.4, -0.2) is 35.6 Å². The van der Waals surface area contributed by atoms with Gasteiger partial charge >= 0.3 is 0 Å². The van der Waals surface area contributed by atoms with E-state index >= 15 is 0 Å². The van der Waals surface area contributed by atoms with E-state index in [0.717, 1.165) is 44.1 Å². The third-order valence-corrected chi connectivity index (χ3v) is 4.54. The zero-order valence-corrected chi connectivity index (χ0v) is 11.6. The molecule has 0 spiro atoms. The smallest absolute Gasteiger partial charge is 0.252 e. The average molecular weight is 262 g/mol. The van der Waals surface area contributed by atoms with Crippen molar-refractivity contribution in [1.82, 2.24) is 15.3 Å². The fourth-order valence-corrected chi connectivity index (χ4v) is 3.62. The molecule has 0 amide bonds. The number of H-pyrrole nitrogens is 1. The summed E-state index contributed by atoms with van der Waals surface area (Å²) < 4.78 is 0. The van der Waals surface area contributed by atoms with Gasteiger partial charge in [0.15, 0.2) is 0 Å². The first-order valence-corrected chi connectivity index (χ1v) is 7.30. The molecule has 0 saturated carbocycles. The molecule has 5 heteroatoms. The number of aryl methyl sites for hydroxylation is 1. The Morgan fingerprint density at radius 1 is 1.42 bits per heavy atom. The van der Waals surface area contributed by atoms with Gasteiger partial charge in [-0.3, -0.25) is 4.79 Å². The minimum atomic E-state index is -0.0353. The topological polar surface area (TPSA) is 61.0 Å². The summed E-state index contributed by atoms with van der Waals surface area (Å²) in [5, 5.41) is 3.48. The SMILES string of the molecule is CCc1nc(N2CC3CNCC3C2CC)cc(=O)[nH]1. The van der Waals surface area contributed by atoms with Crippen molar-refractivity contribution in [2.24, 2.45) is 11.8 Å². The monoisotopic (exact) mass is 262 g/mol. The lowest BCUT2D eigenvalue weighted by atomic mass is 9.93. The quantitative estimate of drug-likeness (QED) is 0.844. The Morgan fingerprint density at radius 3 is 3.00 bits per heavy atom. The summed E-state index contributed by atoms with van der Waals surface area (Å²) in [5.41, 5.74) is -0.0353. The van der Waals surface area contributed by atoms with Crippen LogP contribution in [0.3, 0.4) is 0 Å². The van der Waals surface area contributed by atoms with Gasteiger partial charge in [-0.2, -0.15) is 0 Å². The maximum atomic E-state index is 11.7. The first-order valence-electron chi connectivity index (χ1n) is 7.30. The number of nitrogens with zero attached hydrogens (tertiary/aromatic N) is 2. The van der Waals surface area contributed by atoms with Crippen molar-refractivity contribution < 1.29 is 0 Å². The summed E-state index contributed by atoms with van der Waals surface area (Å²) in [6, 6.07) is 2.16. The Hall–Kier alpha value is -1.36. The minimum absolute atomic E-state index is 0.0353. The van der Waals surface area contributed by atoms with Gasteiger partial charge in [0.1, 0.15) is 11.6 Å². The van der Waals surface area contributed by atoms with Crippen molar-refractivity contribution in [2.45, 2.75) is 32.7 Å². The van der Waals surface area contributed by atoms with E-state index < -0.39 is 0 Å². The third-order valence-electron chi connectivity index (χ3n) is 4.54. The highest BCUT2D eigenvalue weighted by atomic mass is 16.1. The molecule has 1 aromatic heterocycles. The predicted molar refractivity (Wildman–Crippen MR) is 75.5 cm³/mol. The van der Waals surface area contributed by atoms with E-state index in [4.69, 9.17) is 0 Å². The minimum Gasteiger partial charge on any atom is -0.353 e. The summed E-state index contributed by atoms with van der Waals surface area (Å²) in [7, 11) is 0. The first kappa shape index (κ1) is 12.7. The lowest BCUT2D eigenvalue weighted by Gasteiger charge is -2.27. The van der Waals surface area contributed by atoms with Crippen LogP contribution in [0.4, 0.5) is 5.82 Å². The predicted octanol–water partition coefficient (Wildman–Crippen LogP) is 0.766. The van der Waals surface area contributed by atoms with Crippen LogP contribution in [-0.2, 0) is 6.42 Å². The van der Waals surface area contributed by atoms with Crippen LogP contribution in [0.25, 0.3) is 0 Å². The molecule has 19 heavy (non-hydrogen) atoms. The second-order valence-corrected chi connectivity index (χ2v) is 5.61. The molecule has 0 aromatic carbocycles. The third kappa shape index (κ3) is 2.16. The van der Waals surface area contributed by atoms with Crippen molar-refractivity contribution in [3.05, 3.63) is 22.2 Å². The maximum absolute atomic E-state index is 11.7. The van der Waals surface area contributed by atoms with Gasteiger partial charge in [-0.25, -0.2) is 4.98 Å². The zero-order valence-electron chi connectivity index (χ0n) is 11.6. The van der Waals surface area contributed by atoms with Gasteiger partial charge in [-0.15, -0.1) is 0 Å². The molecule has 0 bridgehead atoms. The average Bonchev–Trinajstić information content (AvgIpc) is 2.97. The maximum Gasteiger partial charge on any atom is 0.252 e. The van der Waals surface area contributed by atoms with Gasteiger partial charge in [-0.05, 0) is 18.3 Å². The van der Waals surface area contributed by atoms with Gasteiger partial charge in [0.2, 0.25) is 0 Å². The molecular formula is C14H22N4O. The van der Waals surface area contributed by atoms with Gasteiger partial charge < -0.3 is 15.2 Å². The van der Waals surface area contributed by atoms with E-state index in [9.17, 15) is 4.79 Å². The van der Waals surface area contributed by atoms with Crippen LogP contribution in [0.5, 0.6) is 0 Å². The molecule has 5 nitrogen and oxygen atoms in total. The lowest BCUT2D eigenvalue weighted by molar-refractivity contribution is 0.441. The second kappa shape index (κ2) is 4.96. The van der Waals surface area contributed by atoms with Gasteiger partial charge in [-0.1, -0.05) is 13.8 Å². The Balaban J connectivity index is 1.93. The fourth-order valence-electron chi connectivity index (χ4n) is 3.62. The summed E-state index contributed by atoms with van der Waals surface area (Å²) in [6.45, 7) is 7.47. The molecule has 2 saturated heterocycles. The molecule has 0 radical (unpaired) electrons. The molecule has 2 aliphatic heterocycles. The molecule has 2 fully saturated rings. The van der Waals surface area contributed by atoms with E-state index in [2.05, 4.69) is 27.1 Å². The van der Waals surface area contributed by atoms with E-state index in [-0.39, 0.29) is 5.56 Å². The second-order valence-electron chi connectivity index (χ2n) is 5.61. The first-order chi connectivity index (χ1) is 9.22. The zero-order chi connectivity index (χ0) is 13.4. The molecule has 2 aliphatic rings. The Kier molecular flexibility index (Phi) is 3.31. The summed E-state index contributed by atoms with van der Waals surface area (Å²) in [4.78, 5) is 21.5. The molecule has 3 unspecified atom stereocenters. The number of aromatic nitrogens is 2. The molecule has 104 valence electrons. The summed E-state index contributed by atoms with van der Waals surface area (Å²) in [5.74, 6) is 3.06. The number of hydrogen-bond donors (Lipinski definition) is 2. The van der Waals surface area contributed by atoms with Gasteiger partial charge in [0, 0.05) is 38.2 Å². The molecule has 0 aliphatic carbocycles. The van der Waals surface area contributed by atoms with Crippen molar-refractivity contribution in [3.8, 4) is 0 Å². The Bertz CT molecular complexity index is 512. The van der Waals surface area contributed by atoms with Crippen LogP contribution in [0.2, 0.25) is 0 Å². The summed E-state index contributed by atoms with van der Waals surface area (Å²) >= 11 is 0. The standard InChI is InChI=1S/C14H22N4O/c1-3-11-10-7-15-6-9(10)8-18(11)13-5-14(19)17-12(4-2)16-13/h5,9-11,15H,3-4,6-8H2,1-2H3,(H,16,17,19). The van der Waals surface area contributed by atoms with Crippen molar-refractivity contribution in [1.29, 1.82) is 0 Å². The number of nitrogens with one attached hydrogen (secondary N) is 2. The molecule has 2 N–H and O–H groups in total. The molecule has 3 heterocycles. The van der Waals surface area contributed by atoms with E-state index in [1.54, 1.807) is 6.07 Å². The van der Waals surface area contributed by atoms with Crippen molar-refractivity contribution in [3.63, 3.8) is 0 Å². The lowest BCUT2D eigenvalue weighted by Crippen LogP contribution is -2.36. The van der Waals surface area contributed by atoms with Crippen molar-refractivity contribution >= 4 is 5.82 Å². The number of anilines is 1. The summed E-state index contributed by atoms with van der Waals surface area (Å²) in [6.07, 6.45) is 1.88. The Morgan fingerprint density at radius 2 is 2.26 bits per heavy atom. The molecule has 3 rings (SSSR count). The van der Waals surface area contributed by atoms with E-state index in [1.165, 1.54) is 0 Å². The van der Waals surface area contributed by atoms with E-state index in [0.29, 0.717) is 17.9 Å². The van der Waals surface area contributed by atoms with Crippen LogP contribution in [0, 0.1) is 11.8 Å². The largest absolute Gasteiger partial charge is 0.353 e.